The number of fused-ring (bicyclic) bond motifs is 1. The predicted octanol–water partition coefficient (Wildman–Crippen LogP) is 2.32. The molecule has 4 rings (SSSR count). The van der Waals surface area contributed by atoms with Gasteiger partial charge < -0.3 is 10.2 Å². The summed E-state index contributed by atoms with van der Waals surface area (Å²) in [6.45, 7) is 5.67. The smallest absolute Gasteiger partial charge is 0.193 e. The fraction of sp³-hybridized carbons (Fsp3) is 0.381. The molecule has 29 heavy (non-hydrogen) atoms. The van der Waals surface area contributed by atoms with Crippen LogP contribution in [0.3, 0.4) is 0 Å². The number of nitrogens with zero attached hydrogens (tertiary/aromatic N) is 6. The van der Waals surface area contributed by atoms with Gasteiger partial charge in [-0.25, -0.2) is 0 Å². The largest absolute Gasteiger partial charge is 0.356 e. The van der Waals surface area contributed by atoms with Crippen LogP contribution < -0.4 is 5.32 Å². The van der Waals surface area contributed by atoms with Crippen molar-refractivity contribution in [3.63, 3.8) is 0 Å². The van der Waals surface area contributed by atoms with Crippen LogP contribution in [0.1, 0.15) is 11.4 Å². The molecule has 2 aromatic heterocycles. The molecule has 0 unspecified atom stereocenters. The van der Waals surface area contributed by atoms with Crippen LogP contribution in [0.15, 0.2) is 53.7 Å². The average molecular weight is 412 g/mol. The monoisotopic (exact) mass is 411 g/mol. The van der Waals surface area contributed by atoms with Crippen molar-refractivity contribution in [1.82, 2.24) is 29.7 Å². The summed E-state index contributed by atoms with van der Waals surface area (Å²) < 4.78 is 2.03. The van der Waals surface area contributed by atoms with Crippen molar-refractivity contribution in [1.29, 1.82) is 0 Å². The molecule has 0 radical (unpaired) electrons. The molecule has 3 heterocycles. The highest BCUT2D eigenvalue weighted by atomic mass is 35.5. The first-order valence-electron chi connectivity index (χ1n) is 9.94. The van der Waals surface area contributed by atoms with E-state index in [9.17, 15) is 0 Å². The summed E-state index contributed by atoms with van der Waals surface area (Å²) in [6, 6.07) is 14.0. The minimum absolute atomic E-state index is 0.771. The van der Waals surface area contributed by atoms with Gasteiger partial charge in [0.25, 0.3) is 0 Å². The first-order chi connectivity index (χ1) is 14.2. The predicted molar refractivity (Wildman–Crippen MR) is 116 cm³/mol. The SMILES string of the molecule is CN=C(NCCc1nnc2ccccn12)N1CCN(Cc2ccc(Cl)cc2)CC1. The number of guanidine groups is 1. The van der Waals surface area contributed by atoms with Crippen molar-refractivity contribution < 1.29 is 0 Å². The number of aliphatic imine (C=N–C) groups is 1. The van der Waals surface area contributed by atoms with E-state index in [0.29, 0.717) is 0 Å². The molecule has 152 valence electrons. The molecule has 0 amide bonds. The van der Waals surface area contributed by atoms with Crippen LogP contribution in [0.2, 0.25) is 5.02 Å². The van der Waals surface area contributed by atoms with Gasteiger partial charge in [0.15, 0.2) is 11.6 Å². The lowest BCUT2D eigenvalue weighted by Crippen LogP contribution is -2.52. The number of piperazine rings is 1. The Hall–Kier alpha value is -2.64. The molecule has 1 fully saturated rings. The Bertz CT molecular complexity index is 959. The lowest BCUT2D eigenvalue weighted by atomic mass is 10.2. The van der Waals surface area contributed by atoms with Gasteiger partial charge in [0.1, 0.15) is 5.82 Å². The molecule has 0 bridgehead atoms. The Morgan fingerprint density at radius 1 is 1.07 bits per heavy atom. The molecule has 7 nitrogen and oxygen atoms in total. The fourth-order valence-corrected chi connectivity index (χ4v) is 3.77. The van der Waals surface area contributed by atoms with Crippen LogP contribution in [0.5, 0.6) is 0 Å². The summed E-state index contributed by atoms with van der Waals surface area (Å²) in [5.74, 6) is 1.90. The van der Waals surface area contributed by atoms with E-state index in [1.54, 1.807) is 0 Å². The van der Waals surface area contributed by atoms with E-state index in [-0.39, 0.29) is 0 Å². The molecule has 8 heteroatoms. The van der Waals surface area contributed by atoms with Gasteiger partial charge in [-0.05, 0) is 29.8 Å². The van der Waals surface area contributed by atoms with E-state index in [1.165, 1.54) is 5.56 Å². The zero-order valence-corrected chi connectivity index (χ0v) is 17.4. The Kier molecular flexibility index (Phi) is 6.27. The van der Waals surface area contributed by atoms with Gasteiger partial charge in [-0.15, -0.1) is 10.2 Å². The Morgan fingerprint density at radius 3 is 2.62 bits per heavy atom. The highest BCUT2D eigenvalue weighted by Crippen LogP contribution is 2.13. The van der Waals surface area contributed by atoms with Crippen molar-refractivity contribution in [3.05, 3.63) is 65.1 Å². The Balaban J connectivity index is 1.25. The summed E-state index contributed by atoms with van der Waals surface area (Å²) in [5.41, 5.74) is 2.18. The third-order valence-corrected chi connectivity index (χ3v) is 5.47. The minimum Gasteiger partial charge on any atom is -0.356 e. The third-order valence-electron chi connectivity index (χ3n) is 5.22. The number of aromatic nitrogens is 3. The Labute approximate surface area is 176 Å². The van der Waals surface area contributed by atoms with E-state index < -0.39 is 0 Å². The molecular formula is C21H26ClN7. The van der Waals surface area contributed by atoms with Crippen LogP contribution in [0, 0.1) is 0 Å². The molecule has 0 aliphatic carbocycles. The maximum Gasteiger partial charge on any atom is 0.193 e. The number of hydrogen-bond acceptors (Lipinski definition) is 4. The van der Waals surface area contributed by atoms with Crippen molar-refractivity contribution >= 4 is 23.2 Å². The fourth-order valence-electron chi connectivity index (χ4n) is 3.65. The first kappa shape index (κ1) is 19.7. The lowest BCUT2D eigenvalue weighted by molar-refractivity contribution is 0.172. The maximum absolute atomic E-state index is 5.98. The van der Waals surface area contributed by atoms with E-state index in [2.05, 4.69) is 42.4 Å². The average Bonchev–Trinajstić information content (AvgIpc) is 3.17. The number of nitrogens with one attached hydrogen (secondary N) is 1. The number of pyridine rings is 1. The minimum atomic E-state index is 0.771. The van der Waals surface area contributed by atoms with Crippen LogP contribution in [0.25, 0.3) is 5.65 Å². The normalized spacial score (nSPS) is 15.8. The van der Waals surface area contributed by atoms with Crippen molar-refractivity contribution in [2.75, 3.05) is 39.8 Å². The number of rotatable bonds is 5. The first-order valence-corrected chi connectivity index (χ1v) is 10.3. The molecule has 0 saturated carbocycles. The van der Waals surface area contributed by atoms with Gasteiger partial charge in [-0.3, -0.25) is 14.3 Å². The van der Waals surface area contributed by atoms with Crippen molar-refractivity contribution in [2.24, 2.45) is 4.99 Å². The summed E-state index contributed by atoms with van der Waals surface area (Å²) in [6.07, 6.45) is 2.79. The second-order valence-electron chi connectivity index (χ2n) is 7.16. The molecule has 1 aliphatic heterocycles. The second kappa shape index (κ2) is 9.24. The summed E-state index contributed by atoms with van der Waals surface area (Å²) in [7, 11) is 1.84. The van der Waals surface area contributed by atoms with Crippen LogP contribution in [0.4, 0.5) is 0 Å². The van der Waals surface area contributed by atoms with E-state index >= 15 is 0 Å². The molecule has 1 aromatic carbocycles. The topological polar surface area (TPSA) is 61.1 Å². The molecule has 0 spiro atoms. The second-order valence-corrected chi connectivity index (χ2v) is 7.60. The molecule has 1 aliphatic rings. The number of hydrogen-bond donors (Lipinski definition) is 1. The molecular weight excluding hydrogens is 386 g/mol. The lowest BCUT2D eigenvalue weighted by Gasteiger charge is -2.36. The van der Waals surface area contributed by atoms with E-state index in [1.807, 2.05) is 48.0 Å². The van der Waals surface area contributed by atoms with E-state index in [0.717, 1.165) is 68.1 Å². The zero-order valence-electron chi connectivity index (χ0n) is 16.6. The van der Waals surface area contributed by atoms with Crippen molar-refractivity contribution in [2.45, 2.75) is 13.0 Å². The van der Waals surface area contributed by atoms with Gasteiger partial charge in [0.05, 0.1) is 0 Å². The van der Waals surface area contributed by atoms with Gasteiger partial charge in [-0.1, -0.05) is 29.8 Å². The van der Waals surface area contributed by atoms with Crippen LogP contribution >= 0.6 is 11.6 Å². The molecule has 1 N–H and O–H groups in total. The highest BCUT2D eigenvalue weighted by molar-refractivity contribution is 6.30. The van der Waals surface area contributed by atoms with Crippen molar-refractivity contribution in [3.8, 4) is 0 Å². The molecule has 1 saturated heterocycles. The van der Waals surface area contributed by atoms with E-state index in [4.69, 9.17) is 11.6 Å². The van der Waals surface area contributed by atoms with Crippen LogP contribution in [-0.2, 0) is 13.0 Å². The number of halogens is 1. The zero-order chi connectivity index (χ0) is 20.1. The maximum atomic E-state index is 5.98. The van der Waals surface area contributed by atoms with Gasteiger partial charge in [-0.2, -0.15) is 0 Å². The summed E-state index contributed by atoms with van der Waals surface area (Å²) >= 11 is 5.98. The molecule has 3 aromatic rings. The quantitative estimate of drug-likeness (QED) is 0.515. The number of benzene rings is 1. The van der Waals surface area contributed by atoms with Gasteiger partial charge >= 0.3 is 0 Å². The highest BCUT2D eigenvalue weighted by Gasteiger charge is 2.19. The van der Waals surface area contributed by atoms with Crippen LogP contribution in [-0.4, -0.2) is 70.1 Å². The van der Waals surface area contributed by atoms with Gasteiger partial charge in [0.2, 0.25) is 0 Å². The van der Waals surface area contributed by atoms with Gasteiger partial charge in [0, 0.05) is 64.0 Å². The summed E-state index contributed by atoms with van der Waals surface area (Å²) in [4.78, 5) is 9.25. The third kappa shape index (κ3) is 4.86. The standard InChI is InChI=1S/C21H26ClN7/c1-23-21(24-10-9-20-26-25-19-4-2-3-11-29(19)20)28-14-12-27(13-15-28)16-17-5-7-18(22)8-6-17/h2-8,11H,9-10,12-16H2,1H3,(H,23,24). The Morgan fingerprint density at radius 2 is 1.86 bits per heavy atom. The summed E-state index contributed by atoms with van der Waals surface area (Å²) in [5, 5.41) is 12.8. The molecule has 0 atom stereocenters.